The van der Waals surface area contributed by atoms with Crippen molar-refractivity contribution in [2.24, 2.45) is 16.8 Å². The van der Waals surface area contributed by atoms with Crippen molar-refractivity contribution < 1.29 is 9.59 Å². The number of carbonyl (C=O) groups excluding carboxylic acids is 2. The summed E-state index contributed by atoms with van der Waals surface area (Å²) in [6, 6.07) is 10.6. The molecule has 2 aliphatic heterocycles. The molecular formula is C25H39N5O2. The lowest BCUT2D eigenvalue weighted by molar-refractivity contribution is -0.131. The number of carbonyl (C=O) groups is 2. The Morgan fingerprint density at radius 1 is 0.969 bits per heavy atom. The summed E-state index contributed by atoms with van der Waals surface area (Å²) in [5, 5.41) is 6.05. The van der Waals surface area contributed by atoms with Gasteiger partial charge in [0.25, 0.3) is 0 Å². The lowest BCUT2D eigenvalue weighted by Gasteiger charge is -2.34. The predicted molar refractivity (Wildman–Crippen MR) is 128 cm³/mol. The number of hydrogen-bond donors (Lipinski definition) is 2. The first kappa shape index (κ1) is 24.1. The van der Waals surface area contributed by atoms with E-state index in [1.165, 1.54) is 5.56 Å². The van der Waals surface area contributed by atoms with Gasteiger partial charge in [0, 0.05) is 46.2 Å². The molecule has 0 radical (unpaired) electrons. The van der Waals surface area contributed by atoms with Crippen LogP contribution in [0.5, 0.6) is 0 Å². The number of benzene rings is 1. The van der Waals surface area contributed by atoms with Gasteiger partial charge in [0.05, 0.1) is 0 Å². The number of hydrogen-bond acceptors (Lipinski definition) is 3. The quantitative estimate of drug-likeness (QED) is 0.503. The summed E-state index contributed by atoms with van der Waals surface area (Å²) in [7, 11) is 1.69. The fraction of sp³-hybridized carbons (Fsp3) is 0.640. The molecule has 2 saturated heterocycles. The molecule has 3 rings (SSSR count). The van der Waals surface area contributed by atoms with Crippen molar-refractivity contribution in [3.05, 3.63) is 35.9 Å². The molecule has 2 aliphatic rings. The number of amides is 2. The molecule has 2 fully saturated rings. The van der Waals surface area contributed by atoms with Crippen LogP contribution in [0, 0.1) is 11.8 Å². The topological polar surface area (TPSA) is 77.0 Å². The maximum atomic E-state index is 12.8. The van der Waals surface area contributed by atoms with Gasteiger partial charge < -0.3 is 20.4 Å². The maximum absolute atomic E-state index is 12.8. The summed E-state index contributed by atoms with van der Waals surface area (Å²) < 4.78 is 0. The Balaban J connectivity index is 1.45. The molecular weight excluding hydrogens is 402 g/mol. The van der Waals surface area contributed by atoms with Gasteiger partial charge in [-0.3, -0.25) is 9.59 Å². The first-order valence-corrected chi connectivity index (χ1v) is 12.1. The smallest absolute Gasteiger partial charge is 0.244 e. The third-order valence-corrected chi connectivity index (χ3v) is 6.70. The summed E-state index contributed by atoms with van der Waals surface area (Å²) in [6.45, 7) is 6.41. The first-order valence-electron chi connectivity index (χ1n) is 12.1. The van der Waals surface area contributed by atoms with E-state index in [1.807, 2.05) is 11.8 Å². The molecule has 0 aromatic heterocycles. The summed E-state index contributed by atoms with van der Waals surface area (Å²) in [5.41, 5.74) is 1.39. The molecule has 32 heavy (non-hydrogen) atoms. The Bertz CT molecular complexity index is 751. The zero-order valence-electron chi connectivity index (χ0n) is 19.7. The second kappa shape index (κ2) is 12.5. The van der Waals surface area contributed by atoms with E-state index in [0.717, 1.165) is 70.8 Å². The number of likely N-dealkylation sites (tertiary alicyclic amines) is 2. The zero-order chi connectivity index (χ0) is 22.8. The van der Waals surface area contributed by atoms with E-state index in [2.05, 4.69) is 50.9 Å². The third kappa shape index (κ3) is 7.24. The molecule has 7 heteroatoms. The van der Waals surface area contributed by atoms with Crippen LogP contribution in [0.3, 0.4) is 0 Å². The van der Waals surface area contributed by atoms with Gasteiger partial charge in [-0.1, -0.05) is 30.3 Å². The monoisotopic (exact) mass is 441 g/mol. The van der Waals surface area contributed by atoms with Crippen molar-refractivity contribution in [2.75, 3.05) is 46.3 Å². The first-order chi connectivity index (χ1) is 15.6. The summed E-state index contributed by atoms with van der Waals surface area (Å²) in [5.74, 6) is 2.12. The van der Waals surface area contributed by atoms with Gasteiger partial charge >= 0.3 is 0 Å². The average molecular weight is 442 g/mol. The zero-order valence-corrected chi connectivity index (χ0v) is 19.7. The maximum Gasteiger partial charge on any atom is 0.244 e. The van der Waals surface area contributed by atoms with Crippen molar-refractivity contribution in [2.45, 2.75) is 45.4 Å². The number of aliphatic imine (C=N–C) groups is 1. The van der Waals surface area contributed by atoms with Crippen LogP contribution in [0.15, 0.2) is 35.3 Å². The van der Waals surface area contributed by atoms with Crippen LogP contribution in [-0.4, -0.2) is 73.9 Å². The highest BCUT2D eigenvalue weighted by atomic mass is 16.2. The van der Waals surface area contributed by atoms with E-state index < -0.39 is 0 Å². The number of nitrogens with one attached hydrogen (secondary N) is 2. The van der Waals surface area contributed by atoms with E-state index >= 15 is 0 Å². The molecule has 0 unspecified atom stereocenters. The Morgan fingerprint density at radius 3 is 2.22 bits per heavy atom. The van der Waals surface area contributed by atoms with Crippen molar-refractivity contribution in [3.63, 3.8) is 0 Å². The van der Waals surface area contributed by atoms with Gasteiger partial charge in [0.1, 0.15) is 6.54 Å². The van der Waals surface area contributed by atoms with E-state index in [4.69, 9.17) is 0 Å². The largest absolute Gasteiger partial charge is 0.359 e. The van der Waals surface area contributed by atoms with Crippen LogP contribution in [0.25, 0.3) is 0 Å². The van der Waals surface area contributed by atoms with Crippen molar-refractivity contribution in [1.82, 2.24) is 20.4 Å². The highest BCUT2D eigenvalue weighted by molar-refractivity contribution is 5.85. The molecule has 0 saturated carbocycles. The minimum atomic E-state index is 0.113. The molecule has 0 aliphatic carbocycles. The van der Waals surface area contributed by atoms with Gasteiger partial charge in [-0.25, -0.2) is 4.99 Å². The highest BCUT2D eigenvalue weighted by Gasteiger charge is 2.25. The molecule has 2 amide bonds. The summed E-state index contributed by atoms with van der Waals surface area (Å²) in [4.78, 5) is 33.3. The lowest BCUT2D eigenvalue weighted by atomic mass is 9.90. The number of piperidine rings is 2. The van der Waals surface area contributed by atoms with Gasteiger partial charge in [-0.15, -0.1) is 0 Å². The van der Waals surface area contributed by atoms with Crippen LogP contribution in [0.4, 0.5) is 0 Å². The second-order valence-corrected chi connectivity index (χ2v) is 8.99. The van der Waals surface area contributed by atoms with Crippen molar-refractivity contribution in [1.29, 1.82) is 0 Å². The molecule has 2 N–H and O–H groups in total. The van der Waals surface area contributed by atoms with Crippen LogP contribution in [0.2, 0.25) is 0 Å². The minimum absolute atomic E-state index is 0.113. The molecule has 2 heterocycles. The molecule has 0 bridgehead atoms. The average Bonchev–Trinajstić information content (AvgIpc) is 2.83. The summed E-state index contributed by atoms with van der Waals surface area (Å²) in [6.07, 6.45) is 5.76. The summed E-state index contributed by atoms with van der Waals surface area (Å²) >= 11 is 0. The molecule has 176 valence electrons. The molecule has 1 aromatic carbocycles. The van der Waals surface area contributed by atoms with Crippen molar-refractivity contribution >= 4 is 17.8 Å². The number of rotatable bonds is 7. The van der Waals surface area contributed by atoms with Crippen LogP contribution in [-0.2, 0) is 16.0 Å². The molecule has 7 nitrogen and oxygen atoms in total. The van der Waals surface area contributed by atoms with E-state index in [0.29, 0.717) is 18.3 Å². The third-order valence-electron chi connectivity index (χ3n) is 6.70. The molecule has 0 atom stereocenters. The Kier molecular flexibility index (Phi) is 9.38. The van der Waals surface area contributed by atoms with Gasteiger partial charge in [0.15, 0.2) is 5.96 Å². The van der Waals surface area contributed by atoms with Gasteiger partial charge in [-0.2, -0.15) is 0 Å². The Morgan fingerprint density at radius 2 is 1.59 bits per heavy atom. The van der Waals surface area contributed by atoms with Gasteiger partial charge in [0.2, 0.25) is 11.8 Å². The second-order valence-electron chi connectivity index (χ2n) is 8.99. The minimum Gasteiger partial charge on any atom is -0.359 e. The normalized spacial score (nSPS) is 18.5. The number of nitrogens with zero attached hydrogens (tertiary/aromatic N) is 3. The van der Waals surface area contributed by atoms with Crippen LogP contribution in [0.1, 0.15) is 44.6 Å². The Hall–Kier alpha value is -2.57. The van der Waals surface area contributed by atoms with Gasteiger partial charge in [-0.05, 0) is 56.4 Å². The van der Waals surface area contributed by atoms with Crippen LogP contribution >= 0.6 is 0 Å². The predicted octanol–water partition coefficient (Wildman–Crippen LogP) is 2.28. The highest BCUT2D eigenvalue weighted by Crippen LogP contribution is 2.22. The SMILES string of the molecule is CCNC(=NCC(=O)N1CCC(Cc2ccccc2)CC1)N1CCC(CC(=O)NC)CC1. The van der Waals surface area contributed by atoms with Crippen LogP contribution < -0.4 is 10.6 Å². The van der Waals surface area contributed by atoms with E-state index in [1.54, 1.807) is 7.05 Å². The fourth-order valence-corrected chi connectivity index (χ4v) is 4.72. The Labute approximate surface area is 192 Å². The van der Waals surface area contributed by atoms with Crippen molar-refractivity contribution in [3.8, 4) is 0 Å². The lowest BCUT2D eigenvalue weighted by Crippen LogP contribution is -2.47. The molecule has 1 aromatic rings. The van der Waals surface area contributed by atoms with E-state index in [9.17, 15) is 9.59 Å². The van der Waals surface area contributed by atoms with E-state index in [-0.39, 0.29) is 18.4 Å². The standard InChI is InChI=1S/C25H39N5O2/c1-3-27-25(30-15-11-22(12-16-30)18-23(31)26-2)28-19-24(32)29-13-9-21(10-14-29)17-20-7-5-4-6-8-20/h4-8,21-22H,3,9-19H2,1-2H3,(H,26,31)(H,27,28). The fourth-order valence-electron chi connectivity index (χ4n) is 4.72. The molecule has 0 spiro atoms. The number of guanidine groups is 1.